The summed E-state index contributed by atoms with van der Waals surface area (Å²) in [6.07, 6.45) is 2.59. The normalized spacial score (nSPS) is 25.4. The quantitative estimate of drug-likeness (QED) is 0.713. The van der Waals surface area contributed by atoms with Crippen molar-refractivity contribution >= 4 is 12.1 Å². The molecule has 1 aromatic heterocycles. The van der Waals surface area contributed by atoms with E-state index in [4.69, 9.17) is 13.9 Å². The molecular formula is C21H25N3O5. The Morgan fingerprint density at radius 2 is 2.00 bits per heavy atom. The van der Waals surface area contributed by atoms with Gasteiger partial charge >= 0.3 is 12.1 Å². The number of likely N-dealkylation sites (tertiary alicyclic amines) is 1. The molecule has 3 atom stereocenters. The summed E-state index contributed by atoms with van der Waals surface area (Å²) in [5.74, 6) is 0.0896. The molecule has 1 aromatic carbocycles. The number of hydrogen-bond donors (Lipinski definition) is 0. The number of fused-ring (bicyclic) bond motifs is 1. The van der Waals surface area contributed by atoms with Gasteiger partial charge in [0, 0.05) is 17.9 Å². The smallest absolute Gasteiger partial charge is 0.411 e. The lowest BCUT2D eigenvalue weighted by atomic mass is 9.96. The van der Waals surface area contributed by atoms with Gasteiger partial charge in [0.15, 0.2) is 0 Å². The minimum Gasteiger partial charge on any atom is -0.459 e. The SMILES string of the molecule is CC(C)(C)OC(=O)N1[C@H](C(=O)OCc2ccccc2)C[C@@]2(Cc3nnco3)C[C@@H]12. The van der Waals surface area contributed by atoms with Crippen molar-refractivity contribution in [2.45, 2.75) is 64.3 Å². The van der Waals surface area contributed by atoms with Crippen LogP contribution in [-0.2, 0) is 27.3 Å². The van der Waals surface area contributed by atoms with Crippen LogP contribution in [0.15, 0.2) is 41.1 Å². The average molecular weight is 399 g/mol. The number of amides is 1. The Labute approximate surface area is 169 Å². The highest BCUT2D eigenvalue weighted by atomic mass is 16.6. The summed E-state index contributed by atoms with van der Waals surface area (Å²) in [7, 11) is 0. The van der Waals surface area contributed by atoms with E-state index in [0.29, 0.717) is 18.7 Å². The molecule has 0 N–H and O–H groups in total. The Kier molecular flexibility index (Phi) is 4.80. The van der Waals surface area contributed by atoms with Crippen LogP contribution in [0.25, 0.3) is 0 Å². The van der Waals surface area contributed by atoms with Crippen molar-refractivity contribution in [1.29, 1.82) is 0 Å². The van der Waals surface area contributed by atoms with Crippen LogP contribution in [0, 0.1) is 5.41 Å². The van der Waals surface area contributed by atoms with Crippen LogP contribution in [0.5, 0.6) is 0 Å². The minimum atomic E-state index is -0.685. The lowest BCUT2D eigenvalue weighted by Gasteiger charge is -2.29. The molecule has 2 heterocycles. The summed E-state index contributed by atoms with van der Waals surface area (Å²) >= 11 is 0. The maximum absolute atomic E-state index is 12.9. The number of nitrogens with zero attached hydrogens (tertiary/aromatic N) is 3. The van der Waals surface area contributed by atoms with Crippen LogP contribution in [0.3, 0.4) is 0 Å². The Bertz CT molecular complexity index is 877. The summed E-state index contributed by atoms with van der Waals surface area (Å²) in [5.41, 5.74) is -0.00406. The monoisotopic (exact) mass is 399 g/mol. The van der Waals surface area contributed by atoms with Gasteiger partial charge in [0.2, 0.25) is 12.3 Å². The zero-order valence-electron chi connectivity index (χ0n) is 16.8. The first-order valence-corrected chi connectivity index (χ1v) is 9.74. The van der Waals surface area contributed by atoms with E-state index in [2.05, 4.69) is 10.2 Å². The number of ether oxygens (including phenoxy) is 2. The van der Waals surface area contributed by atoms with Gasteiger partial charge in [-0.3, -0.25) is 4.90 Å². The van der Waals surface area contributed by atoms with Crippen LogP contribution in [-0.4, -0.2) is 44.8 Å². The van der Waals surface area contributed by atoms with E-state index in [9.17, 15) is 9.59 Å². The van der Waals surface area contributed by atoms with Gasteiger partial charge < -0.3 is 13.9 Å². The standard InChI is InChI=1S/C21H25N3O5/c1-20(2,3)29-19(26)24-15(18(25)27-12-14-7-5-4-6-8-14)9-21(10-16(21)24)11-17-23-22-13-28-17/h4-8,13,15-16H,9-12H2,1-3H3/t15-,16+,21-/m0/s1. The number of carbonyl (C=O) groups is 2. The largest absolute Gasteiger partial charge is 0.459 e. The third-order valence-electron chi connectivity index (χ3n) is 5.43. The molecule has 1 aliphatic carbocycles. The zero-order chi connectivity index (χ0) is 20.6. The van der Waals surface area contributed by atoms with Gasteiger partial charge in [-0.05, 0) is 39.2 Å². The van der Waals surface area contributed by atoms with Crippen LogP contribution in [0.1, 0.15) is 45.1 Å². The highest BCUT2D eigenvalue weighted by Gasteiger charge is 2.68. The van der Waals surface area contributed by atoms with E-state index < -0.39 is 23.7 Å². The molecule has 29 heavy (non-hydrogen) atoms. The van der Waals surface area contributed by atoms with E-state index in [0.717, 1.165) is 12.0 Å². The maximum atomic E-state index is 12.9. The molecule has 0 spiro atoms. The molecule has 1 saturated carbocycles. The van der Waals surface area contributed by atoms with Crippen LogP contribution in [0.4, 0.5) is 4.79 Å². The molecule has 2 aliphatic rings. The molecule has 8 nitrogen and oxygen atoms in total. The number of rotatable bonds is 5. The Hall–Kier alpha value is -2.90. The summed E-state index contributed by atoms with van der Waals surface area (Å²) < 4.78 is 16.4. The third kappa shape index (κ3) is 4.11. The number of benzene rings is 1. The van der Waals surface area contributed by atoms with Crippen LogP contribution >= 0.6 is 0 Å². The third-order valence-corrected chi connectivity index (χ3v) is 5.43. The first-order chi connectivity index (χ1) is 13.8. The summed E-state index contributed by atoms with van der Waals surface area (Å²) in [4.78, 5) is 27.3. The van der Waals surface area contributed by atoms with E-state index in [1.165, 1.54) is 6.39 Å². The predicted octanol–water partition coefficient (Wildman–Crippen LogP) is 3.12. The first-order valence-electron chi connectivity index (χ1n) is 9.74. The van der Waals surface area contributed by atoms with Gasteiger partial charge in [0.25, 0.3) is 0 Å². The molecule has 8 heteroatoms. The maximum Gasteiger partial charge on any atom is 0.411 e. The molecular weight excluding hydrogens is 374 g/mol. The minimum absolute atomic E-state index is 0.0986. The Balaban J connectivity index is 1.50. The topological polar surface area (TPSA) is 94.8 Å². The molecule has 1 aliphatic heterocycles. The van der Waals surface area contributed by atoms with E-state index in [1.807, 2.05) is 51.1 Å². The van der Waals surface area contributed by atoms with Gasteiger partial charge in [0.05, 0.1) is 0 Å². The van der Waals surface area contributed by atoms with Crippen LogP contribution < -0.4 is 0 Å². The zero-order valence-corrected chi connectivity index (χ0v) is 16.8. The molecule has 0 bridgehead atoms. The van der Waals surface area contributed by atoms with Crippen molar-refractivity contribution in [2.75, 3.05) is 0 Å². The Morgan fingerprint density at radius 1 is 1.24 bits per heavy atom. The molecule has 2 fully saturated rings. The van der Waals surface area contributed by atoms with Crippen molar-refractivity contribution in [3.8, 4) is 0 Å². The lowest BCUT2D eigenvalue weighted by molar-refractivity contribution is -0.150. The fourth-order valence-corrected chi connectivity index (χ4v) is 4.07. The van der Waals surface area contributed by atoms with Crippen molar-refractivity contribution in [3.05, 3.63) is 48.2 Å². The second-order valence-corrected chi connectivity index (χ2v) is 8.79. The van der Waals surface area contributed by atoms with E-state index in [1.54, 1.807) is 4.90 Å². The Morgan fingerprint density at radius 3 is 2.66 bits per heavy atom. The van der Waals surface area contributed by atoms with Gasteiger partial charge in [-0.2, -0.15) is 0 Å². The fraction of sp³-hybridized carbons (Fsp3) is 0.524. The van der Waals surface area contributed by atoms with Gasteiger partial charge in [0.1, 0.15) is 18.2 Å². The van der Waals surface area contributed by atoms with Gasteiger partial charge in [-0.1, -0.05) is 30.3 Å². The van der Waals surface area contributed by atoms with Gasteiger partial charge in [-0.15, -0.1) is 10.2 Å². The second kappa shape index (κ2) is 7.17. The molecule has 1 saturated heterocycles. The summed E-state index contributed by atoms with van der Waals surface area (Å²) in [6, 6.07) is 8.68. The highest BCUT2D eigenvalue weighted by Crippen LogP contribution is 2.61. The molecule has 1 amide bonds. The fourth-order valence-electron chi connectivity index (χ4n) is 4.07. The molecule has 0 unspecified atom stereocenters. The number of carbonyl (C=O) groups excluding carboxylic acids is 2. The molecule has 4 rings (SSSR count). The molecule has 154 valence electrons. The number of aromatic nitrogens is 2. The molecule has 2 aromatic rings. The molecule has 0 radical (unpaired) electrons. The van der Waals surface area contributed by atoms with Crippen molar-refractivity contribution in [1.82, 2.24) is 15.1 Å². The first kappa shape index (κ1) is 19.4. The second-order valence-electron chi connectivity index (χ2n) is 8.79. The van der Waals surface area contributed by atoms with E-state index in [-0.39, 0.29) is 18.1 Å². The van der Waals surface area contributed by atoms with Crippen molar-refractivity contribution in [2.24, 2.45) is 5.41 Å². The number of hydrogen-bond acceptors (Lipinski definition) is 7. The number of esters is 1. The van der Waals surface area contributed by atoms with Gasteiger partial charge in [-0.25, -0.2) is 9.59 Å². The van der Waals surface area contributed by atoms with Crippen LogP contribution in [0.2, 0.25) is 0 Å². The summed E-state index contributed by atoms with van der Waals surface area (Å²) in [5, 5.41) is 7.68. The van der Waals surface area contributed by atoms with Crippen molar-refractivity contribution < 1.29 is 23.5 Å². The predicted molar refractivity (Wildman–Crippen MR) is 102 cm³/mol. The van der Waals surface area contributed by atoms with Crippen molar-refractivity contribution in [3.63, 3.8) is 0 Å². The average Bonchev–Trinajstić information content (AvgIpc) is 3.01. The summed E-state index contributed by atoms with van der Waals surface area (Å²) in [6.45, 7) is 5.59. The highest BCUT2D eigenvalue weighted by molar-refractivity contribution is 5.83. The van der Waals surface area contributed by atoms with E-state index >= 15 is 0 Å². The lowest BCUT2D eigenvalue weighted by Crippen LogP contribution is -2.46. The number of piperidine rings is 1.